The Morgan fingerprint density at radius 1 is 1.30 bits per heavy atom. The molecule has 0 bridgehead atoms. The van der Waals surface area contributed by atoms with Crippen LogP contribution in [0, 0.1) is 5.82 Å². The van der Waals surface area contributed by atoms with E-state index in [0.29, 0.717) is 5.69 Å². The highest BCUT2D eigenvalue weighted by Gasteiger charge is 2.30. The number of halogens is 2. The number of ether oxygens (including phenoxy) is 1. The van der Waals surface area contributed by atoms with Crippen LogP contribution in [-0.2, 0) is 4.74 Å². The van der Waals surface area contributed by atoms with Crippen molar-refractivity contribution in [3.8, 4) is 0 Å². The Balaban J connectivity index is 1.60. The van der Waals surface area contributed by atoms with E-state index in [-0.39, 0.29) is 17.1 Å². The van der Waals surface area contributed by atoms with Crippen molar-refractivity contribution < 1.29 is 13.9 Å². The van der Waals surface area contributed by atoms with E-state index in [4.69, 9.17) is 16.3 Å². The molecule has 1 atom stereocenters. The van der Waals surface area contributed by atoms with Crippen LogP contribution >= 0.6 is 11.6 Å². The first-order valence-corrected chi connectivity index (χ1v) is 8.33. The molecule has 2 aliphatic rings. The lowest BCUT2D eigenvalue weighted by atomic mass is 10.2. The molecule has 126 valence electrons. The topological polar surface area (TPSA) is 44.8 Å². The third-order valence-corrected chi connectivity index (χ3v) is 4.54. The molecule has 2 heterocycles. The molecule has 2 amide bonds. The van der Waals surface area contributed by atoms with E-state index in [9.17, 15) is 9.18 Å². The molecule has 7 heteroatoms. The van der Waals surface area contributed by atoms with Crippen LogP contribution in [0.5, 0.6) is 0 Å². The predicted molar refractivity (Wildman–Crippen MR) is 87.4 cm³/mol. The van der Waals surface area contributed by atoms with Gasteiger partial charge in [0.25, 0.3) is 0 Å². The zero-order valence-corrected chi connectivity index (χ0v) is 13.7. The van der Waals surface area contributed by atoms with Gasteiger partial charge >= 0.3 is 6.03 Å². The number of nitrogens with zero attached hydrogens (tertiary/aromatic N) is 2. The summed E-state index contributed by atoms with van der Waals surface area (Å²) >= 11 is 5.83. The highest BCUT2D eigenvalue weighted by Crippen LogP contribution is 2.22. The largest absolute Gasteiger partial charge is 0.379 e. The van der Waals surface area contributed by atoms with Crippen LogP contribution in [0.2, 0.25) is 5.02 Å². The highest BCUT2D eigenvalue weighted by atomic mass is 35.5. The SMILES string of the molecule is O=C(Nc1cc(F)cc(Cl)c1)N1CCC[C@@H]1CN1CCOCC1. The quantitative estimate of drug-likeness (QED) is 0.919. The van der Waals surface area contributed by atoms with Crippen molar-refractivity contribution in [3.05, 3.63) is 29.0 Å². The molecule has 0 spiro atoms. The summed E-state index contributed by atoms with van der Waals surface area (Å²) < 4.78 is 18.7. The zero-order valence-electron chi connectivity index (χ0n) is 12.9. The Hall–Kier alpha value is -1.37. The number of anilines is 1. The van der Waals surface area contributed by atoms with Gasteiger partial charge in [-0.15, -0.1) is 0 Å². The summed E-state index contributed by atoms with van der Waals surface area (Å²) in [5.74, 6) is -0.459. The third kappa shape index (κ3) is 4.34. The van der Waals surface area contributed by atoms with Gasteiger partial charge in [0.05, 0.1) is 13.2 Å². The minimum absolute atomic E-state index is 0.192. The van der Waals surface area contributed by atoms with Crippen LogP contribution < -0.4 is 5.32 Å². The van der Waals surface area contributed by atoms with Crippen LogP contribution in [0.4, 0.5) is 14.9 Å². The van der Waals surface area contributed by atoms with Crippen LogP contribution in [0.15, 0.2) is 18.2 Å². The van der Waals surface area contributed by atoms with Gasteiger partial charge in [-0.05, 0) is 31.0 Å². The Kier molecular flexibility index (Phi) is 5.35. The molecular formula is C16H21ClFN3O2. The number of nitrogens with one attached hydrogen (secondary N) is 1. The molecule has 0 aliphatic carbocycles. The number of benzene rings is 1. The summed E-state index contributed by atoms with van der Waals surface area (Å²) in [6, 6.07) is 4.04. The standard InChI is InChI=1S/C16H21ClFN3O2/c17-12-8-13(18)10-14(9-12)19-16(22)21-3-1-2-15(21)11-20-4-6-23-7-5-20/h8-10,15H,1-7,11H2,(H,19,22)/t15-/m1/s1. The number of morpholine rings is 1. The fourth-order valence-corrected chi connectivity index (χ4v) is 3.42. The monoisotopic (exact) mass is 341 g/mol. The highest BCUT2D eigenvalue weighted by molar-refractivity contribution is 6.30. The zero-order chi connectivity index (χ0) is 16.2. The molecule has 5 nitrogen and oxygen atoms in total. The lowest BCUT2D eigenvalue weighted by molar-refractivity contribution is 0.0296. The van der Waals surface area contributed by atoms with Gasteiger partial charge in [-0.1, -0.05) is 11.6 Å². The number of carbonyl (C=O) groups excluding carboxylic acids is 1. The van der Waals surface area contributed by atoms with Gasteiger partial charge in [0, 0.05) is 42.9 Å². The van der Waals surface area contributed by atoms with E-state index >= 15 is 0 Å². The second-order valence-corrected chi connectivity index (χ2v) is 6.43. The maximum absolute atomic E-state index is 13.4. The lowest BCUT2D eigenvalue weighted by Gasteiger charge is -2.32. The van der Waals surface area contributed by atoms with Crippen molar-refractivity contribution in [1.82, 2.24) is 9.80 Å². The van der Waals surface area contributed by atoms with Gasteiger partial charge in [-0.3, -0.25) is 4.90 Å². The molecule has 0 unspecified atom stereocenters. The van der Waals surface area contributed by atoms with Crippen molar-refractivity contribution >= 4 is 23.3 Å². The lowest BCUT2D eigenvalue weighted by Crippen LogP contribution is -2.47. The Morgan fingerprint density at radius 2 is 2.09 bits per heavy atom. The van der Waals surface area contributed by atoms with Gasteiger partial charge in [-0.25, -0.2) is 9.18 Å². The third-order valence-electron chi connectivity index (χ3n) is 4.32. The van der Waals surface area contributed by atoms with Crippen LogP contribution in [0.3, 0.4) is 0 Å². The number of likely N-dealkylation sites (tertiary alicyclic amines) is 1. The first-order valence-electron chi connectivity index (χ1n) is 7.95. The van der Waals surface area contributed by atoms with Crippen molar-refractivity contribution in [2.75, 3.05) is 44.7 Å². The van der Waals surface area contributed by atoms with Crippen molar-refractivity contribution in [3.63, 3.8) is 0 Å². The number of urea groups is 1. The van der Waals surface area contributed by atoms with Gasteiger partial charge in [0.2, 0.25) is 0 Å². The molecule has 1 N–H and O–H groups in total. The average Bonchev–Trinajstić information content (AvgIpc) is 2.95. The molecule has 23 heavy (non-hydrogen) atoms. The number of rotatable bonds is 3. The van der Waals surface area contributed by atoms with Gasteiger partial charge in [0.1, 0.15) is 5.82 Å². The minimum atomic E-state index is -0.459. The summed E-state index contributed by atoms with van der Waals surface area (Å²) in [6.45, 7) is 4.91. The maximum atomic E-state index is 13.4. The summed E-state index contributed by atoms with van der Waals surface area (Å²) in [5.41, 5.74) is 0.386. The number of hydrogen-bond acceptors (Lipinski definition) is 3. The van der Waals surface area contributed by atoms with E-state index < -0.39 is 5.82 Å². The molecule has 1 aromatic rings. The predicted octanol–water partition coefficient (Wildman–Crippen LogP) is 2.81. The summed E-state index contributed by atoms with van der Waals surface area (Å²) in [7, 11) is 0. The molecular weight excluding hydrogens is 321 g/mol. The van der Waals surface area contributed by atoms with E-state index in [1.54, 1.807) is 6.07 Å². The minimum Gasteiger partial charge on any atom is -0.379 e. The van der Waals surface area contributed by atoms with Gasteiger partial charge in [0.15, 0.2) is 0 Å². The number of amides is 2. The normalized spacial score (nSPS) is 22.3. The second kappa shape index (κ2) is 7.47. The smallest absolute Gasteiger partial charge is 0.322 e. The average molecular weight is 342 g/mol. The molecule has 1 aromatic carbocycles. The van der Waals surface area contributed by atoms with E-state index in [1.807, 2.05) is 4.90 Å². The maximum Gasteiger partial charge on any atom is 0.322 e. The number of carbonyl (C=O) groups is 1. The van der Waals surface area contributed by atoms with Crippen molar-refractivity contribution in [2.45, 2.75) is 18.9 Å². The van der Waals surface area contributed by atoms with Gasteiger partial charge < -0.3 is 15.0 Å². The Labute approximate surface area is 140 Å². The molecule has 2 aliphatic heterocycles. The molecule has 0 aromatic heterocycles. The Morgan fingerprint density at radius 3 is 2.83 bits per heavy atom. The van der Waals surface area contributed by atoms with E-state index in [1.165, 1.54) is 12.1 Å². The molecule has 0 saturated carbocycles. The summed E-state index contributed by atoms with van der Waals surface area (Å²) in [5, 5.41) is 3.02. The second-order valence-electron chi connectivity index (χ2n) is 5.99. The summed E-state index contributed by atoms with van der Waals surface area (Å²) in [6.07, 6.45) is 1.99. The summed E-state index contributed by atoms with van der Waals surface area (Å²) in [4.78, 5) is 16.7. The van der Waals surface area contributed by atoms with Crippen molar-refractivity contribution in [1.29, 1.82) is 0 Å². The molecule has 2 saturated heterocycles. The Bertz CT molecular complexity index is 546. The first kappa shape index (κ1) is 16.5. The van der Waals surface area contributed by atoms with Crippen LogP contribution in [-0.4, -0.2) is 61.3 Å². The fraction of sp³-hybridized carbons (Fsp3) is 0.562. The van der Waals surface area contributed by atoms with Crippen LogP contribution in [0.1, 0.15) is 12.8 Å². The van der Waals surface area contributed by atoms with E-state index in [0.717, 1.165) is 52.2 Å². The van der Waals surface area contributed by atoms with Crippen LogP contribution in [0.25, 0.3) is 0 Å². The van der Waals surface area contributed by atoms with Crippen molar-refractivity contribution in [2.24, 2.45) is 0 Å². The molecule has 2 fully saturated rings. The fourth-order valence-electron chi connectivity index (χ4n) is 3.20. The molecule has 0 radical (unpaired) electrons. The van der Waals surface area contributed by atoms with E-state index in [2.05, 4.69) is 10.2 Å². The first-order chi connectivity index (χ1) is 11.1. The number of hydrogen-bond donors (Lipinski definition) is 1. The molecule has 3 rings (SSSR count). The van der Waals surface area contributed by atoms with Gasteiger partial charge in [-0.2, -0.15) is 0 Å².